The van der Waals surface area contributed by atoms with Crippen LogP contribution in [-0.4, -0.2) is 17.9 Å². The van der Waals surface area contributed by atoms with Gasteiger partial charge in [-0.05, 0) is 0 Å². The number of rotatable bonds is 2. The standard InChI is InChI=1S/C7H11F2NO/c1-4(2)6(11)10-5-3-7(5,8)9/h4-5H,3H2,1-2H3,(H,10,11). The molecule has 1 amide bonds. The highest BCUT2D eigenvalue weighted by Crippen LogP contribution is 2.41. The first kappa shape index (κ1) is 8.43. The quantitative estimate of drug-likeness (QED) is 0.650. The molecule has 1 atom stereocenters. The molecule has 64 valence electrons. The second kappa shape index (κ2) is 2.43. The van der Waals surface area contributed by atoms with Crippen LogP contribution in [0.25, 0.3) is 0 Å². The van der Waals surface area contributed by atoms with Gasteiger partial charge in [-0.1, -0.05) is 13.8 Å². The van der Waals surface area contributed by atoms with Crippen molar-refractivity contribution in [3.8, 4) is 0 Å². The van der Waals surface area contributed by atoms with Gasteiger partial charge in [-0.2, -0.15) is 0 Å². The summed E-state index contributed by atoms with van der Waals surface area (Å²) < 4.78 is 24.4. The molecule has 0 aliphatic heterocycles. The van der Waals surface area contributed by atoms with Gasteiger partial charge in [-0.15, -0.1) is 0 Å². The first-order chi connectivity index (χ1) is 4.93. The van der Waals surface area contributed by atoms with Gasteiger partial charge < -0.3 is 5.32 Å². The molecule has 1 fully saturated rings. The fourth-order valence-corrected chi connectivity index (χ4v) is 0.708. The van der Waals surface area contributed by atoms with Crippen molar-refractivity contribution in [1.82, 2.24) is 5.32 Å². The highest BCUT2D eigenvalue weighted by molar-refractivity contribution is 5.78. The molecular formula is C7H11F2NO. The lowest BCUT2D eigenvalue weighted by Gasteiger charge is -2.05. The highest BCUT2D eigenvalue weighted by atomic mass is 19.3. The second-order valence-electron chi connectivity index (χ2n) is 3.18. The third-order valence-electron chi connectivity index (χ3n) is 1.67. The maximum absolute atomic E-state index is 12.2. The summed E-state index contributed by atoms with van der Waals surface area (Å²) in [7, 11) is 0. The van der Waals surface area contributed by atoms with Crippen LogP contribution in [0.3, 0.4) is 0 Å². The molecule has 0 aromatic carbocycles. The number of nitrogens with one attached hydrogen (secondary N) is 1. The molecule has 1 saturated carbocycles. The fraction of sp³-hybridized carbons (Fsp3) is 0.857. The Morgan fingerprint density at radius 1 is 1.64 bits per heavy atom. The van der Waals surface area contributed by atoms with E-state index in [1.165, 1.54) is 0 Å². The summed E-state index contributed by atoms with van der Waals surface area (Å²) in [6, 6.07) is -0.905. The average Bonchev–Trinajstić information content (AvgIpc) is 2.39. The molecule has 1 N–H and O–H groups in total. The molecular weight excluding hydrogens is 152 g/mol. The molecule has 0 aromatic rings. The molecule has 0 saturated heterocycles. The highest BCUT2D eigenvalue weighted by Gasteiger charge is 2.57. The molecule has 0 heterocycles. The Bertz CT molecular complexity index is 179. The van der Waals surface area contributed by atoms with Crippen molar-refractivity contribution >= 4 is 5.91 Å². The van der Waals surface area contributed by atoms with E-state index in [-0.39, 0.29) is 18.2 Å². The smallest absolute Gasteiger partial charge is 0.270 e. The molecule has 4 heteroatoms. The first-order valence-electron chi connectivity index (χ1n) is 3.61. The van der Waals surface area contributed by atoms with Crippen molar-refractivity contribution < 1.29 is 13.6 Å². The number of carbonyl (C=O) groups excluding carboxylic acids is 1. The summed E-state index contributed by atoms with van der Waals surface area (Å²) in [4.78, 5) is 10.8. The lowest BCUT2D eigenvalue weighted by atomic mass is 10.2. The van der Waals surface area contributed by atoms with Crippen molar-refractivity contribution in [3.05, 3.63) is 0 Å². The van der Waals surface area contributed by atoms with Crippen LogP contribution in [0.1, 0.15) is 20.3 Å². The van der Waals surface area contributed by atoms with E-state index in [1.807, 2.05) is 0 Å². The van der Waals surface area contributed by atoms with Crippen LogP contribution in [0.15, 0.2) is 0 Å². The van der Waals surface area contributed by atoms with Crippen molar-refractivity contribution in [2.45, 2.75) is 32.2 Å². The van der Waals surface area contributed by atoms with E-state index in [0.717, 1.165) is 0 Å². The largest absolute Gasteiger partial charge is 0.347 e. The van der Waals surface area contributed by atoms with Crippen LogP contribution in [0.4, 0.5) is 8.78 Å². The average molecular weight is 163 g/mol. The maximum Gasteiger partial charge on any atom is 0.270 e. The molecule has 11 heavy (non-hydrogen) atoms. The number of hydrogen-bond acceptors (Lipinski definition) is 1. The number of amides is 1. The number of carbonyl (C=O) groups is 1. The summed E-state index contributed by atoms with van der Waals surface area (Å²) in [6.07, 6.45) is -0.203. The summed E-state index contributed by atoms with van der Waals surface area (Å²) in [5.41, 5.74) is 0. The predicted molar refractivity (Wildman–Crippen MR) is 36.3 cm³/mol. The van der Waals surface area contributed by atoms with Gasteiger partial charge in [0.15, 0.2) is 0 Å². The number of alkyl halides is 2. The second-order valence-corrected chi connectivity index (χ2v) is 3.18. The molecule has 0 spiro atoms. The topological polar surface area (TPSA) is 29.1 Å². The molecule has 1 unspecified atom stereocenters. The molecule has 0 bridgehead atoms. The summed E-state index contributed by atoms with van der Waals surface area (Å²) in [5.74, 6) is -3.16. The Morgan fingerprint density at radius 2 is 2.09 bits per heavy atom. The SMILES string of the molecule is CC(C)C(=O)NC1CC1(F)F. The molecule has 1 aliphatic rings. The third-order valence-corrected chi connectivity index (χ3v) is 1.67. The van der Waals surface area contributed by atoms with E-state index in [1.54, 1.807) is 13.8 Å². The summed E-state index contributed by atoms with van der Waals surface area (Å²) in [6.45, 7) is 3.35. The summed E-state index contributed by atoms with van der Waals surface area (Å²) >= 11 is 0. The fourth-order valence-electron chi connectivity index (χ4n) is 0.708. The van der Waals surface area contributed by atoms with E-state index in [0.29, 0.717) is 0 Å². The van der Waals surface area contributed by atoms with Crippen LogP contribution >= 0.6 is 0 Å². The van der Waals surface area contributed by atoms with Gasteiger partial charge in [0.25, 0.3) is 5.92 Å². The van der Waals surface area contributed by atoms with Gasteiger partial charge in [-0.25, -0.2) is 8.78 Å². The molecule has 1 rings (SSSR count). The predicted octanol–water partition coefficient (Wildman–Crippen LogP) is 1.17. The van der Waals surface area contributed by atoms with Crippen molar-refractivity contribution in [3.63, 3.8) is 0 Å². The molecule has 2 nitrogen and oxygen atoms in total. The van der Waals surface area contributed by atoms with E-state index < -0.39 is 12.0 Å². The molecule has 1 aliphatic carbocycles. The van der Waals surface area contributed by atoms with Crippen LogP contribution in [0.2, 0.25) is 0 Å². The Morgan fingerprint density at radius 3 is 2.36 bits per heavy atom. The van der Waals surface area contributed by atoms with Crippen LogP contribution in [0, 0.1) is 5.92 Å². The van der Waals surface area contributed by atoms with Crippen molar-refractivity contribution in [2.24, 2.45) is 5.92 Å². The van der Waals surface area contributed by atoms with Crippen LogP contribution < -0.4 is 5.32 Å². The van der Waals surface area contributed by atoms with Crippen molar-refractivity contribution in [2.75, 3.05) is 0 Å². The van der Waals surface area contributed by atoms with E-state index in [9.17, 15) is 13.6 Å². The van der Waals surface area contributed by atoms with Crippen molar-refractivity contribution in [1.29, 1.82) is 0 Å². The number of halogens is 2. The summed E-state index contributed by atoms with van der Waals surface area (Å²) in [5, 5.41) is 2.25. The lowest BCUT2D eigenvalue weighted by molar-refractivity contribution is -0.124. The zero-order valence-corrected chi connectivity index (χ0v) is 6.53. The van der Waals surface area contributed by atoms with E-state index in [2.05, 4.69) is 5.32 Å². The van der Waals surface area contributed by atoms with Gasteiger partial charge in [0.1, 0.15) is 0 Å². The number of hydrogen-bond donors (Lipinski definition) is 1. The Balaban J connectivity index is 2.29. The Labute approximate surface area is 64.0 Å². The normalized spacial score (nSPS) is 26.8. The maximum atomic E-state index is 12.2. The van der Waals surface area contributed by atoms with Gasteiger partial charge in [0.05, 0.1) is 6.04 Å². The van der Waals surface area contributed by atoms with Gasteiger partial charge in [0, 0.05) is 12.3 Å². The monoisotopic (exact) mass is 163 g/mol. The van der Waals surface area contributed by atoms with Gasteiger partial charge >= 0.3 is 0 Å². The van der Waals surface area contributed by atoms with Gasteiger partial charge in [-0.3, -0.25) is 4.79 Å². The minimum Gasteiger partial charge on any atom is -0.347 e. The Hall–Kier alpha value is -0.670. The van der Waals surface area contributed by atoms with Crippen LogP contribution in [0.5, 0.6) is 0 Å². The molecule has 0 aromatic heterocycles. The van der Waals surface area contributed by atoms with Gasteiger partial charge in [0.2, 0.25) is 5.91 Å². The molecule has 0 radical (unpaired) electrons. The Kier molecular flexibility index (Phi) is 1.86. The van der Waals surface area contributed by atoms with E-state index >= 15 is 0 Å². The first-order valence-corrected chi connectivity index (χ1v) is 3.61. The zero-order chi connectivity index (χ0) is 8.65. The third kappa shape index (κ3) is 1.88. The van der Waals surface area contributed by atoms with Crippen LogP contribution in [-0.2, 0) is 4.79 Å². The minimum absolute atomic E-state index is 0.203. The minimum atomic E-state index is -2.65. The lowest BCUT2D eigenvalue weighted by Crippen LogP contribution is -2.32. The van der Waals surface area contributed by atoms with E-state index in [4.69, 9.17) is 0 Å². The zero-order valence-electron chi connectivity index (χ0n) is 6.53.